The van der Waals surface area contributed by atoms with Crippen LogP contribution < -0.4 is 0 Å². The van der Waals surface area contributed by atoms with Gasteiger partial charge in [-0.1, -0.05) is 60.6 Å². The highest BCUT2D eigenvalue weighted by Gasteiger charge is 2.19. The molecular formula is C23H19ClN4. The normalized spacial score (nSPS) is 10.8. The summed E-state index contributed by atoms with van der Waals surface area (Å²) in [6.07, 6.45) is 5.98. The molecule has 0 fully saturated rings. The SMILES string of the molecule is C=Cc1nc(-c2ccc(Cl)cc2)c(-c2ccncn2)n1CCc1ccccc1. The van der Waals surface area contributed by atoms with Crippen LogP contribution in [-0.2, 0) is 13.0 Å². The topological polar surface area (TPSA) is 43.6 Å². The molecule has 0 saturated heterocycles. The Morgan fingerprint density at radius 1 is 1.00 bits per heavy atom. The molecule has 0 unspecified atom stereocenters. The number of nitrogens with zero attached hydrogens (tertiary/aromatic N) is 4. The van der Waals surface area contributed by atoms with Crippen LogP contribution in [0.15, 0.2) is 79.8 Å². The number of aryl methyl sites for hydroxylation is 1. The van der Waals surface area contributed by atoms with E-state index in [4.69, 9.17) is 16.6 Å². The highest BCUT2D eigenvalue weighted by molar-refractivity contribution is 6.30. The Labute approximate surface area is 169 Å². The van der Waals surface area contributed by atoms with Crippen molar-refractivity contribution in [1.29, 1.82) is 0 Å². The van der Waals surface area contributed by atoms with E-state index >= 15 is 0 Å². The number of hydrogen-bond acceptors (Lipinski definition) is 3. The molecule has 0 atom stereocenters. The minimum absolute atomic E-state index is 0.694. The van der Waals surface area contributed by atoms with E-state index in [0.717, 1.165) is 41.4 Å². The van der Waals surface area contributed by atoms with E-state index in [-0.39, 0.29) is 0 Å². The van der Waals surface area contributed by atoms with Gasteiger partial charge < -0.3 is 4.57 Å². The highest BCUT2D eigenvalue weighted by Crippen LogP contribution is 2.33. The molecule has 2 aromatic carbocycles. The minimum atomic E-state index is 0.694. The number of halogens is 1. The van der Waals surface area contributed by atoms with Crippen molar-refractivity contribution in [2.24, 2.45) is 0 Å². The summed E-state index contributed by atoms with van der Waals surface area (Å²) in [4.78, 5) is 13.4. The van der Waals surface area contributed by atoms with Gasteiger partial charge in [0, 0.05) is 23.3 Å². The van der Waals surface area contributed by atoms with Crippen molar-refractivity contribution in [2.45, 2.75) is 13.0 Å². The Bertz CT molecular complexity index is 1070. The van der Waals surface area contributed by atoms with Crippen molar-refractivity contribution < 1.29 is 0 Å². The Morgan fingerprint density at radius 2 is 1.79 bits per heavy atom. The van der Waals surface area contributed by atoms with E-state index < -0.39 is 0 Å². The van der Waals surface area contributed by atoms with Crippen LogP contribution >= 0.6 is 11.6 Å². The van der Waals surface area contributed by atoms with Crippen LogP contribution in [-0.4, -0.2) is 19.5 Å². The fourth-order valence-electron chi connectivity index (χ4n) is 3.24. The molecule has 138 valence electrons. The first-order valence-electron chi connectivity index (χ1n) is 9.05. The first kappa shape index (κ1) is 18.1. The van der Waals surface area contributed by atoms with Crippen LogP contribution in [0.4, 0.5) is 0 Å². The number of hydrogen-bond donors (Lipinski definition) is 0. The fourth-order valence-corrected chi connectivity index (χ4v) is 3.36. The quantitative estimate of drug-likeness (QED) is 0.436. The molecule has 0 aliphatic rings. The van der Waals surface area contributed by atoms with Crippen molar-refractivity contribution in [1.82, 2.24) is 19.5 Å². The van der Waals surface area contributed by atoms with Gasteiger partial charge in [-0.2, -0.15) is 0 Å². The zero-order valence-electron chi connectivity index (χ0n) is 15.3. The number of benzene rings is 2. The van der Waals surface area contributed by atoms with Gasteiger partial charge in [-0.05, 0) is 36.3 Å². The molecule has 4 rings (SSSR count). The lowest BCUT2D eigenvalue weighted by Gasteiger charge is -2.11. The zero-order valence-corrected chi connectivity index (χ0v) is 16.0. The average Bonchev–Trinajstić information content (AvgIpc) is 3.12. The van der Waals surface area contributed by atoms with Crippen molar-refractivity contribution in [2.75, 3.05) is 0 Å². The largest absolute Gasteiger partial charge is 0.322 e. The van der Waals surface area contributed by atoms with Crippen LogP contribution in [0.1, 0.15) is 11.4 Å². The first-order chi connectivity index (χ1) is 13.8. The molecule has 0 spiro atoms. The van der Waals surface area contributed by atoms with Gasteiger partial charge in [-0.15, -0.1) is 0 Å². The maximum Gasteiger partial charge on any atom is 0.133 e. The van der Waals surface area contributed by atoms with Crippen LogP contribution in [0.2, 0.25) is 5.02 Å². The smallest absolute Gasteiger partial charge is 0.133 e. The highest BCUT2D eigenvalue weighted by atomic mass is 35.5. The average molecular weight is 387 g/mol. The van der Waals surface area contributed by atoms with Gasteiger partial charge in [0.25, 0.3) is 0 Å². The number of imidazole rings is 1. The molecule has 5 heteroatoms. The molecule has 0 bridgehead atoms. The lowest BCUT2D eigenvalue weighted by atomic mass is 10.1. The van der Waals surface area contributed by atoms with E-state index in [0.29, 0.717) is 5.02 Å². The van der Waals surface area contributed by atoms with Crippen molar-refractivity contribution >= 4 is 17.7 Å². The summed E-state index contributed by atoms with van der Waals surface area (Å²) < 4.78 is 2.17. The van der Waals surface area contributed by atoms with Gasteiger partial charge in [0.1, 0.15) is 12.2 Å². The molecule has 4 aromatic rings. The third kappa shape index (κ3) is 3.73. The van der Waals surface area contributed by atoms with E-state index in [1.165, 1.54) is 5.56 Å². The standard InChI is InChI=1S/C23H19ClN4/c1-2-21-27-22(18-8-10-19(24)11-9-18)23(20-12-14-25-16-26-20)28(21)15-13-17-6-4-3-5-7-17/h2-12,14,16H,1,13,15H2. The van der Waals surface area contributed by atoms with Crippen molar-refractivity contribution in [3.8, 4) is 22.6 Å². The molecule has 0 N–H and O–H groups in total. The molecule has 0 aliphatic carbocycles. The van der Waals surface area contributed by atoms with Gasteiger partial charge in [0.05, 0.1) is 17.1 Å². The van der Waals surface area contributed by atoms with E-state index in [1.807, 2.05) is 36.4 Å². The van der Waals surface area contributed by atoms with Crippen molar-refractivity contribution in [3.63, 3.8) is 0 Å². The maximum atomic E-state index is 6.07. The summed E-state index contributed by atoms with van der Waals surface area (Å²) in [7, 11) is 0. The summed E-state index contributed by atoms with van der Waals surface area (Å²) >= 11 is 6.07. The van der Waals surface area contributed by atoms with Crippen LogP contribution in [0.3, 0.4) is 0 Å². The molecule has 0 amide bonds. The van der Waals surface area contributed by atoms with Crippen LogP contribution in [0, 0.1) is 0 Å². The Balaban J connectivity index is 1.83. The van der Waals surface area contributed by atoms with Gasteiger partial charge in [-0.25, -0.2) is 15.0 Å². The van der Waals surface area contributed by atoms with Gasteiger partial charge in [0.2, 0.25) is 0 Å². The summed E-state index contributed by atoms with van der Waals surface area (Å²) in [5, 5.41) is 0.694. The molecule has 0 radical (unpaired) electrons. The van der Waals surface area contributed by atoms with E-state index in [2.05, 4.69) is 45.4 Å². The third-order valence-corrected chi connectivity index (χ3v) is 4.84. The number of aromatic nitrogens is 4. The lowest BCUT2D eigenvalue weighted by Crippen LogP contribution is -2.06. The minimum Gasteiger partial charge on any atom is -0.322 e. The lowest BCUT2D eigenvalue weighted by molar-refractivity contribution is 0.694. The Morgan fingerprint density at radius 3 is 2.46 bits per heavy atom. The molecular weight excluding hydrogens is 368 g/mol. The van der Waals surface area contributed by atoms with Gasteiger partial charge >= 0.3 is 0 Å². The predicted octanol–water partition coefficient (Wildman–Crippen LogP) is 5.55. The summed E-state index contributed by atoms with van der Waals surface area (Å²) in [6, 6.07) is 20.0. The molecule has 2 aromatic heterocycles. The third-order valence-electron chi connectivity index (χ3n) is 4.59. The molecule has 4 nitrogen and oxygen atoms in total. The summed E-state index contributed by atoms with van der Waals surface area (Å²) in [5.41, 5.74) is 4.90. The summed E-state index contributed by atoms with van der Waals surface area (Å²) in [6.45, 7) is 4.73. The first-order valence-corrected chi connectivity index (χ1v) is 9.43. The second-order valence-corrected chi connectivity index (χ2v) is 6.80. The molecule has 28 heavy (non-hydrogen) atoms. The van der Waals surface area contributed by atoms with Gasteiger partial charge in [0.15, 0.2) is 0 Å². The van der Waals surface area contributed by atoms with Crippen LogP contribution in [0.25, 0.3) is 28.7 Å². The molecule has 2 heterocycles. The predicted molar refractivity (Wildman–Crippen MR) is 114 cm³/mol. The van der Waals surface area contributed by atoms with Gasteiger partial charge in [-0.3, -0.25) is 0 Å². The Hall–Kier alpha value is -3.24. The zero-order chi connectivity index (χ0) is 19.3. The van der Waals surface area contributed by atoms with Crippen molar-refractivity contribution in [3.05, 3.63) is 96.2 Å². The fraction of sp³-hybridized carbons (Fsp3) is 0.0870. The maximum absolute atomic E-state index is 6.07. The second-order valence-electron chi connectivity index (χ2n) is 6.36. The van der Waals surface area contributed by atoms with E-state index in [9.17, 15) is 0 Å². The molecule has 0 saturated carbocycles. The number of rotatable bonds is 6. The summed E-state index contributed by atoms with van der Waals surface area (Å²) in [5.74, 6) is 0.814. The van der Waals surface area contributed by atoms with E-state index in [1.54, 1.807) is 18.6 Å². The Kier molecular flexibility index (Phi) is 5.31. The monoisotopic (exact) mass is 386 g/mol. The second kappa shape index (κ2) is 8.19. The van der Waals surface area contributed by atoms with Crippen LogP contribution in [0.5, 0.6) is 0 Å². The molecule has 0 aliphatic heterocycles.